The van der Waals surface area contributed by atoms with E-state index in [2.05, 4.69) is 10.5 Å². The Balaban J connectivity index is 1.42. The number of carbonyl (C=O) groups is 1. The molecule has 3 rings (SSSR count). The molecule has 0 spiro atoms. The molecule has 1 aliphatic rings. The van der Waals surface area contributed by atoms with E-state index in [9.17, 15) is 4.79 Å². The quantitative estimate of drug-likeness (QED) is 0.831. The topological polar surface area (TPSA) is 73.6 Å². The zero-order chi connectivity index (χ0) is 16.8. The molecule has 7 heteroatoms. The molecular formula is C17H19ClN2O4. The molecule has 2 aromatic rings. The lowest BCUT2D eigenvalue weighted by Gasteiger charge is -2.09. The van der Waals surface area contributed by atoms with E-state index in [1.54, 1.807) is 18.2 Å². The fraction of sp³-hybridized carbons (Fsp3) is 0.412. The zero-order valence-electron chi connectivity index (χ0n) is 13.2. The summed E-state index contributed by atoms with van der Waals surface area (Å²) in [7, 11) is 0. The summed E-state index contributed by atoms with van der Waals surface area (Å²) < 4.78 is 16.0. The van der Waals surface area contributed by atoms with Crippen LogP contribution < -0.4 is 5.32 Å². The summed E-state index contributed by atoms with van der Waals surface area (Å²) in [4.78, 5) is 11.8. The molecule has 6 nitrogen and oxygen atoms in total. The predicted octanol–water partition coefficient (Wildman–Crippen LogP) is 2.81. The van der Waals surface area contributed by atoms with Gasteiger partial charge in [0.05, 0.1) is 19.3 Å². The maximum atomic E-state index is 11.8. The van der Waals surface area contributed by atoms with Crippen molar-refractivity contribution in [2.45, 2.75) is 25.5 Å². The van der Waals surface area contributed by atoms with Crippen LogP contribution in [0.15, 0.2) is 34.9 Å². The van der Waals surface area contributed by atoms with Crippen molar-refractivity contribution in [3.63, 3.8) is 0 Å². The first-order valence-electron chi connectivity index (χ1n) is 7.88. The molecule has 1 fully saturated rings. The third-order valence-electron chi connectivity index (χ3n) is 3.70. The summed E-state index contributed by atoms with van der Waals surface area (Å²) in [5, 5.41) is 7.36. The predicted molar refractivity (Wildman–Crippen MR) is 88.6 cm³/mol. The van der Waals surface area contributed by atoms with Gasteiger partial charge in [0.25, 0.3) is 0 Å². The molecule has 0 unspecified atom stereocenters. The molecule has 1 N–H and O–H groups in total. The molecule has 1 aliphatic heterocycles. The van der Waals surface area contributed by atoms with Crippen LogP contribution in [0.2, 0.25) is 5.02 Å². The molecule has 1 aromatic carbocycles. The molecule has 0 radical (unpaired) electrons. The van der Waals surface area contributed by atoms with Crippen molar-refractivity contribution in [3.05, 3.63) is 41.1 Å². The highest BCUT2D eigenvalue weighted by atomic mass is 35.5. The van der Waals surface area contributed by atoms with Crippen molar-refractivity contribution in [2.75, 3.05) is 19.8 Å². The number of nitrogens with zero attached hydrogens (tertiary/aromatic N) is 1. The molecule has 1 saturated heterocycles. The number of halogens is 1. The van der Waals surface area contributed by atoms with Crippen molar-refractivity contribution in [2.24, 2.45) is 0 Å². The molecule has 2 heterocycles. The minimum atomic E-state index is -0.200. The second-order valence-electron chi connectivity index (χ2n) is 5.62. The number of carbonyl (C=O) groups excluding carboxylic acids is 1. The van der Waals surface area contributed by atoms with E-state index < -0.39 is 0 Å². The van der Waals surface area contributed by atoms with E-state index >= 15 is 0 Å². The van der Waals surface area contributed by atoms with Gasteiger partial charge in [-0.3, -0.25) is 4.79 Å². The van der Waals surface area contributed by atoms with Crippen molar-refractivity contribution in [1.29, 1.82) is 0 Å². The number of benzene rings is 1. The molecule has 1 amide bonds. The second kappa shape index (κ2) is 8.28. The van der Waals surface area contributed by atoms with Gasteiger partial charge in [0, 0.05) is 23.3 Å². The number of nitrogens with one attached hydrogen (secondary N) is 1. The van der Waals surface area contributed by atoms with Crippen LogP contribution in [0.4, 0.5) is 0 Å². The molecule has 24 heavy (non-hydrogen) atoms. The van der Waals surface area contributed by atoms with Gasteiger partial charge in [0.15, 0.2) is 5.76 Å². The fourth-order valence-electron chi connectivity index (χ4n) is 2.48. The van der Waals surface area contributed by atoms with Gasteiger partial charge in [-0.15, -0.1) is 0 Å². The summed E-state index contributed by atoms with van der Waals surface area (Å²) in [6, 6.07) is 9.12. The highest BCUT2D eigenvalue weighted by Crippen LogP contribution is 2.22. The molecule has 0 saturated carbocycles. The van der Waals surface area contributed by atoms with Gasteiger partial charge in [0.2, 0.25) is 5.91 Å². The molecule has 1 aromatic heterocycles. The van der Waals surface area contributed by atoms with Crippen molar-refractivity contribution < 1.29 is 18.8 Å². The third-order valence-corrected chi connectivity index (χ3v) is 3.94. The summed E-state index contributed by atoms with van der Waals surface area (Å²) >= 11 is 5.96. The first-order valence-corrected chi connectivity index (χ1v) is 8.26. The number of ether oxygens (including phenoxy) is 2. The van der Waals surface area contributed by atoms with E-state index in [0.717, 1.165) is 25.0 Å². The van der Waals surface area contributed by atoms with Crippen LogP contribution in [0.25, 0.3) is 11.3 Å². The minimum Gasteiger partial charge on any atom is -0.376 e. The van der Waals surface area contributed by atoms with E-state index in [1.807, 2.05) is 12.1 Å². The smallest absolute Gasteiger partial charge is 0.246 e. The van der Waals surface area contributed by atoms with E-state index in [4.69, 9.17) is 25.6 Å². The van der Waals surface area contributed by atoms with Crippen molar-refractivity contribution >= 4 is 17.5 Å². The lowest BCUT2D eigenvalue weighted by Crippen LogP contribution is -2.28. The molecule has 0 bridgehead atoms. The first-order chi connectivity index (χ1) is 11.7. The number of hydrogen-bond acceptors (Lipinski definition) is 5. The summed E-state index contributed by atoms with van der Waals surface area (Å²) in [6.07, 6.45) is 2.17. The summed E-state index contributed by atoms with van der Waals surface area (Å²) in [5.74, 6) is 0.367. The Bertz CT molecular complexity index is 683. The zero-order valence-corrected chi connectivity index (χ0v) is 13.9. The Hall–Kier alpha value is -1.89. The van der Waals surface area contributed by atoms with Crippen molar-refractivity contribution in [3.8, 4) is 11.3 Å². The number of rotatable bonds is 7. The average molecular weight is 351 g/mol. The van der Waals surface area contributed by atoms with Crippen LogP contribution in [0.1, 0.15) is 18.6 Å². The Labute approximate surface area is 145 Å². The minimum absolute atomic E-state index is 0.00907. The van der Waals surface area contributed by atoms with E-state index in [0.29, 0.717) is 23.1 Å². The van der Waals surface area contributed by atoms with Gasteiger partial charge < -0.3 is 19.3 Å². The number of aromatic nitrogens is 1. The SMILES string of the molecule is O=C(COC[C@@H]1CCCO1)NCc1cc(-c2cccc(Cl)c2)no1. The highest BCUT2D eigenvalue weighted by molar-refractivity contribution is 6.30. The Morgan fingerprint density at radius 3 is 3.12 bits per heavy atom. The maximum Gasteiger partial charge on any atom is 0.246 e. The van der Waals surface area contributed by atoms with Gasteiger partial charge in [-0.1, -0.05) is 28.9 Å². The Morgan fingerprint density at radius 2 is 2.33 bits per heavy atom. The molecule has 0 aliphatic carbocycles. The molecule has 1 atom stereocenters. The largest absolute Gasteiger partial charge is 0.376 e. The van der Waals surface area contributed by atoms with Gasteiger partial charge in [-0.2, -0.15) is 0 Å². The fourth-order valence-corrected chi connectivity index (χ4v) is 2.67. The van der Waals surface area contributed by atoms with Crippen LogP contribution in [0.3, 0.4) is 0 Å². The maximum absolute atomic E-state index is 11.8. The standard InChI is InChI=1S/C17H19ClN2O4/c18-13-4-1-3-12(7-13)16-8-15(24-20-16)9-19-17(21)11-22-10-14-5-2-6-23-14/h1,3-4,7-8,14H,2,5-6,9-11H2,(H,19,21)/t14-/m0/s1. The van der Waals surface area contributed by atoms with Crippen molar-refractivity contribution in [1.82, 2.24) is 10.5 Å². The first kappa shape index (κ1) is 17.0. The van der Waals surface area contributed by atoms with Gasteiger partial charge in [0.1, 0.15) is 12.3 Å². The van der Waals surface area contributed by atoms with E-state index in [-0.39, 0.29) is 25.2 Å². The number of amides is 1. The summed E-state index contributed by atoms with van der Waals surface area (Å²) in [6.45, 7) is 1.50. The third kappa shape index (κ3) is 4.80. The normalized spacial score (nSPS) is 17.1. The van der Waals surface area contributed by atoms with Crippen LogP contribution >= 0.6 is 11.6 Å². The number of hydrogen-bond donors (Lipinski definition) is 1. The van der Waals surface area contributed by atoms with Crippen LogP contribution in [-0.4, -0.2) is 37.0 Å². The Kier molecular flexibility index (Phi) is 5.85. The lowest BCUT2D eigenvalue weighted by atomic mass is 10.1. The highest BCUT2D eigenvalue weighted by Gasteiger charge is 2.16. The van der Waals surface area contributed by atoms with Gasteiger partial charge >= 0.3 is 0 Å². The lowest BCUT2D eigenvalue weighted by molar-refractivity contribution is -0.127. The van der Waals surface area contributed by atoms with Gasteiger partial charge in [-0.25, -0.2) is 0 Å². The molecular weight excluding hydrogens is 332 g/mol. The van der Waals surface area contributed by atoms with Crippen LogP contribution in [0, 0.1) is 0 Å². The van der Waals surface area contributed by atoms with Crippen LogP contribution in [0.5, 0.6) is 0 Å². The van der Waals surface area contributed by atoms with E-state index in [1.165, 1.54) is 0 Å². The molecule has 128 valence electrons. The van der Waals surface area contributed by atoms with Crippen LogP contribution in [-0.2, 0) is 20.8 Å². The van der Waals surface area contributed by atoms with Gasteiger partial charge in [-0.05, 0) is 25.0 Å². The second-order valence-corrected chi connectivity index (χ2v) is 6.05. The monoisotopic (exact) mass is 350 g/mol. The Morgan fingerprint density at radius 1 is 1.42 bits per heavy atom. The average Bonchev–Trinajstić information content (AvgIpc) is 3.25. The summed E-state index contributed by atoms with van der Waals surface area (Å²) in [5.41, 5.74) is 1.54.